The van der Waals surface area contributed by atoms with Crippen LogP contribution in [0.5, 0.6) is 0 Å². The largest absolute Gasteiger partial charge is 0.383 e. The van der Waals surface area contributed by atoms with Crippen LogP contribution in [0.15, 0.2) is 24.4 Å². The quantitative estimate of drug-likeness (QED) is 0.759. The highest BCUT2D eigenvalue weighted by Gasteiger charge is 2.15. The van der Waals surface area contributed by atoms with Gasteiger partial charge in [-0.25, -0.2) is 9.37 Å². The lowest BCUT2D eigenvalue weighted by molar-refractivity contribution is 0.627. The highest BCUT2D eigenvalue weighted by Crippen LogP contribution is 2.28. The fourth-order valence-electron chi connectivity index (χ4n) is 2.23. The zero-order chi connectivity index (χ0) is 13.4. The predicted molar refractivity (Wildman–Crippen MR) is 72.0 cm³/mol. The average molecular weight is 259 g/mol. The van der Waals surface area contributed by atoms with Crippen LogP contribution in [0.3, 0.4) is 0 Å². The number of nitrogens with one attached hydrogen (secondary N) is 1. The van der Waals surface area contributed by atoms with Gasteiger partial charge in [0.25, 0.3) is 0 Å². The van der Waals surface area contributed by atoms with Gasteiger partial charge in [-0.2, -0.15) is 5.10 Å². The minimum Gasteiger partial charge on any atom is -0.383 e. The number of halogens is 1. The molecule has 0 bridgehead atoms. The second kappa shape index (κ2) is 4.38. The highest BCUT2D eigenvalue weighted by molar-refractivity contribution is 5.82. The first-order chi connectivity index (χ1) is 9.20. The molecule has 0 aliphatic carbocycles. The number of rotatable bonds is 3. The minimum atomic E-state index is -0.267. The Labute approximate surface area is 109 Å². The molecule has 0 saturated carbocycles. The first-order valence-electron chi connectivity index (χ1n) is 6.15. The van der Waals surface area contributed by atoms with Crippen LogP contribution in [-0.2, 0) is 6.54 Å². The Morgan fingerprint density at radius 2 is 2.26 bits per heavy atom. The van der Waals surface area contributed by atoms with E-state index in [1.807, 2.05) is 4.57 Å². The molecular weight excluding hydrogens is 245 g/mol. The van der Waals surface area contributed by atoms with Crippen molar-refractivity contribution >= 4 is 16.9 Å². The van der Waals surface area contributed by atoms with Crippen LogP contribution in [0.25, 0.3) is 22.4 Å². The number of hydrogen-bond donors (Lipinski definition) is 2. The molecule has 2 heterocycles. The Morgan fingerprint density at radius 1 is 1.42 bits per heavy atom. The molecule has 0 aliphatic rings. The third-order valence-corrected chi connectivity index (χ3v) is 3.07. The number of aromatic amines is 1. The number of aromatic nitrogens is 4. The molecule has 98 valence electrons. The number of anilines is 1. The Balaban J connectivity index is 2.29. The van der Waals surface area contributed by atoms with Gasteiger partial charge in [-0.1, -0.05) is 6.92 Å². The lowest BCUT2D eigenvalue weighted by Gasteiger charge is -2.06. The molecule has 0 fully saturated rings. The summed E-state index contributed by atoms with van der Waals surface area (Å²) in [5.74, 6) is 0.915. The van der Waals surface area contributed by atoms with Crippen molar-refractivity contribution in [1.29, 1.82) is 0 Å². The van der Waals surface area contributed by atoms with Crippen LogP contribution in [-0.4, -0.2) is 19.7 Å². The van der Waals surface area contributed by atoms with E-state index in [0.29, 0.717) is 11.6 Å². The molecule has 3 rings (SSSR count). The number of nitrogens with two attached hydrogens (primary N) is 1. The molecule has 1 aromatic carbocycles. The second-order valence-electron chi connectivity index (χ2n) is 4.42. The van der Waals surface area contributed by atoms with Gasteiger partial charge >= 0.3 is 0 Å². The smallest absolute Gasteiger partial charge is 0.146 e. The normalized spacial score (nSPS) is 11.3. The fourth-order valence-corrected chi connectivity index (χ4v) is 2.23. The Morgan fingerprint density at radius 3 is 2.95 bits per heavy atom. The van der Waals surface area contributed by atoms with E-state index in [1.165, 1.54) is 12.1 Å². The van der Waals surface area contributed by atoms with E-state index in [2.05, 4.69) is 22.1 Å². The maximum atomic E-state index is 13.4. The van der Waals surface area contributed by atoms with Gasteiger partial charge in [-0.3, -0.25) is 5.10 Å². The number of imidazole rings is 1. The maximum Gasteiger partial charge on any atom is 0.146 e. The van der Waals surface area contributed by atoms with Crippen molar-refractivity contribution < 1.29 is 4.39 Å². The molecule has 3 aromatic rings. The summed E-state index contributed by atoms with van der Waals surface area (Å²) in [6, 6.07) is 4.59. The molecule has 0 atom stereocenters. The molecule has 0 saturated heterocycles. The number of hydrogen-bond acceptors (Lipinski definition) is 3. The van der Waals surface area contributed by atoms with Crippen molar-refractivity contribution in [3.63, 3.8) is 0 Å². The van der Waals surface area contributed by atoms with Crippen molar-refractivity contribution in [1.82, 2.24) is 19.7 Å². The summed E-state index contributed by atoms with van der Waals surface area (Å²) < 4.78 is 15.4. The van der Waals surface area contributed by atoms with Gasteiger partial charge in [0, 0.05) is 6.54 Å². The molecule has 0 spiro atoms. The molecule has 3 N–H and O–H groups in total. The summed E-state index contributed by atoms with van der Waals surface area (Å²) >= 11 is 0. The molecular formula is C13H14FN5. The number of fused-ring (bicyclic) bond motifs is 1. The first kappa shape index (κ1) is 11.7. The van der Waals surface area contributed by atoms with E-state index >= 15 is 0 Å². The van der Waals surface area contributed by atoms with E-state index in [4.69, 9.17) is 5.73 Å². The fraction of sp³-hybridized carbons (Fsp3) is 0.231. The maximum absolute atomic E-state index is 13.4. The number of aryl methyl sites for hydroxylation is 1. The summed E-state index contributed by atoms with van der Waals surface area (Å²) in [6.07, 6.45) is 2.56. The minimum absolute atomic E-state index is 0.267. The van der Waals surface area contributed by atoms with Gasteiger partial charge in [0.1, 0.15) is 17.5 Å². The van der Waals surface area contributed by atoms with Gasteiger partial charge in [0.15, 0.2) is 0 Å². The van der Waals surface area contributed by atoms with Gasteiger partial charge < -0.3 is 10.3 Å². The SMILES string of the molecule is CCCn1c(-c2cn[nH]c2N)nc2ccc(F)cc21. The number of benzene rings is 1. The van der Waals surface area contributed by atoms with Crippen molar-refractivity contribution in [3.05, 3.63) is 30.2 Å². The molecule has 6 heteroatoms. The monoisotopic (exact) mass is 259 g/mol. The van der Waals surface area contributed by atoms with Crippen LogP contribution in [0, 0.1) is 5.82 Å². The average Bonchev–Trinajstić information content (AvgIpc) is 2.94. The third-order valence-electron chi connectivity index (χ3n) is 3.07. The summed E-state index contributed by atoms with van der Waals surface area (Å²) in [7, 11) is 0. The summed E-state index contributed by atoms with van der Waals surface area (Å²) in [4.78, 5) is 4.53. The van der Waals surface area contributed by atoms with Gasteiger partial charge in [0.2, 0.25) is 0 Å². The molecule has 0 unspecified atom stereocenters. The van der Waals surface area contributed by atoms with Crippen LogP contribution < -0.4 is 5.73 Å². The topological polar surface area (TPSA) is 72.5 Å². The summed E-state index contributed by atoms with van der Waals surface area (Å²) in [5.41, 5.74) is 8.12. The van der Waals surface area contributed by atoms with E-state index < -0.39 is 0 Å². The zero-order valence-corrected chi connectivity index (χ0v) is 10.5. The van der Waals surface area contributed by atoms with Crippen LogP contribution >= 0.6 is 0 Å². The second-order valence-corrected chi connectivity index (χ2v) is 4.42. The standard InChI is InChI=1S/C13H14FN5/c1-2-5-19-11-6-8(14)3-4-10(11)17-13(19)9-7-16-18-12(9)15/h3-4,6-7H,2,5H2,1H3,(H3,15,16,18). The lowest BCUT2D eigenvalue weighted by Crippen LogP contribution is -2.01. The molecule has 5 nitrogen and oxygen atoms in total. The van der Waals surface area contributed by atoms with Crippen LogP contribution in [0.2, 0.25) is 0 Å². The van der Waals surface area contributed by atoms with Gasteiger partial charge in [-0.15, -0.1) is 0 Å². The Hall–Kier alpha value is -2.37. The van der Waals surface area contributed by atoms with Crippen molar-refractivity contribution in [2.45, 2.75) is 19.9 Å². The Bertz CT molecular complexity index is 728. The van der Waals surface area contributed by atoms with E-state index in [1.54, 1.807) is 12.3 Å². The third kappa shape index (κ3) is 1.85. The van der Waals surface area contributed by atoms with E-state index in [0.717, 1.165) is 29.6 Å². The summed E-state index contributed by atoms with van der Waals surface area (Å²) in [5, 5.41) is 6.60. The van der Waals surface area contributed by atoms with Gasteiger partial charge in [-0.05, 0) is 24.6 Å². The molecule has 2 aromatic heterocycles. The zero-order valence-electron chi connectivity index (χ0n) is 10.5. The predicted octanol–water partition coefficient (Wildman–Crippen LogP) is 2.56. The first-order valence-corrected chi connectivity index (χ1v) is 6.15. The summed E-state index contributed by atoms with van der Waals surface area (Å²) in [6.45, 7) is 2.81. The van der Waals surface area contributed by atoms with E-state index in [9.17, 15) is 4.39 Å². The van der Waals surface area contributed by atoms with Crippen molar-refractivity contribution in [2.75, 3.05) is 5.73 Å². The molecule has 0 amide bonds. The van der Waals surface area contributed by atoms with Crippen molar-refractivity contribution in [2.24, 2.45) is 0 Å². The molecule has 0 aliphatic heterocycles. The number of nitrogen functional groups attached to an aromatic ring is 1. The Kier molecular flexibility index (Phi) is 2.70. The molecule has 19 heavy (non-hydrogen) atoms. The number of nitrogens with zero attached hydrogens (tertiary/aromatic N) is 3. The van der Waals surface area contributed by atoms with Crippen molar-refractivity contribution in [3.8, 4) is 11.4 Å². The number of H-pyrrole nitrogens is 1. The lowest BCUT2D eigenvalue weighted by atomic mass is 10.3. The van der Waals surface area contributed by atoms with Gasteiger partial charge in [0.05, 0.1) is 22.8 Å². The van der Waals surface area contributed by atoms with Crippen LogP contribution in [0.4, 0.5) is 10.2 Å². The molecule has 0 radical (unpaired) electrons. The van der Waals surface area contributed by atoms with Crippen LogP contribution in [0.1, 0.15) is 13.3 Å². The van der Waals surface area contributed by atoms with E-state index in [-0.39, 0.29) is 5.82 Å². The highest BCUT2D eigenvalue weighted by atomic mass is 19.1.